The third kappa shape index (κ3) is 2.62. The molecule has 3 amide bonds. The van der Waals surface area contributed by atoms with E-state index in [4.69, 9.17) is 0 Å². The molecule has 0 aromatic heterocycles. The first-order valence-electron chi connectivity index (χ1n) is 6.52. The first-order chi connectivity index (χ1) is 8.80. The standard InChI is InChI=1S/C15H20N2O2/c1-11-5-7-12(8-6-11)17-13(18)9-10-16(14(17)19)15(2,3)4/h5-8H,9-10H2,1-4H3. The maximum atomic E-state index is 12.5. The summed E-state index contributed by atoms with van der Waals surface area (Å²) in [4.78, 5) is 27.6. The van der Waals surface area contributed by atoms with Gasteiger partial charge in [-0.1, -0.05) is 17.7 Å². The van der Waals surface area contributed by atoms with Gasteiger partial charge in [0.25, 0.3) is 0 Å². The van der Waals surface area contributed by atoms with E-state index in [-0.39, 0.29) is 17.5 Å². The average molecular weight is 260 g/mol. The van der Waals surface area contributed by atoms with Crippen molar-refractivity contribution in [2.24, 2.45) is 0 Å². The van der Waals surface area contributed by atoms with Crippen molar-refractivity contribution >= 4 is 17.6 Å². The van der Waals surface area contributed by atoms with Crippen molar-refractivity contribution in [3.8, 4) is 0 Å². The van der Waals surface area contributed by atoms with Crippen LogP contribution in [0.2, 0.25) is 0 Å². The second-order valence-corrected chi connectivity index (χ2v) is 5.92. The van der Waals surface area contributed by atoms with Crippen LogP contribution < -0.4 is 4.90 Å². The predicted molar refractivity (Wildman–Crippen MR) is 75.1 cm³/mol. The molecule has 0 spiro atoms. The van der Waals surface area contributed by atoms with Crippen LogP contribution in [0, 0.1) is 6.92 Å². The lowest BCUT2D eigenvalue weighted by molar-refractivity contribution is -0.119. The summed E-state index contributed by atoms with van der Waals surface area (Å²) in [6.07, 6.45) is 0.372. The van der Waals surface area contributed by atoms with Gasteiger partial charge in [0.05, 0.1) is 5.69 Å². The minimum Gasteiger partial charge on any atom is -0.319 e. The van der Waals surface area contributed by atoms with Crippen molar-refractivity contribution in [2.75, 3.05) is 11.4 Å². The van der Waals surface area contributed by atoms with Gasteiger partial charge in [0.2, 0.25) is 5.91 Å². The summed E-state index contributed by atoms with van der Waals surface area (Å²) in [6.45, 7) is 8.41. The number of carbonyl (C=O) groups is 2. The zero-order valence-corrected chi connectivity index (χ0v) is 11.9. The van der Waals surface area contributed by atoms with E-state index in [1.807, 2.05) is 52.0 Å². The number of nitrogens with zero attached hydrogens (tertiary/aromatic N) is 2. The number of amides is 3. The van der Waals surface area contributed by atoms with E-state index in [2.05, 4.69) is 0 Å². The summed E-state index contributed by atoms with van der Waals surface area (Å²) in [5.74, 6) is -0.130. The van der Waals surface area contributed by atoms with Gasteiger partial charge in [-0.2, -0.15) is 0 Å². The molecule has 102 valence electrons. The van der Waals surface area contributed by atoms with Crippen LogP contribution in [0.3, 0.4) is 0 Å². The fraction of sp³-hybridized carbons (Fsp3) is 0.467. The molecule has 0 bridgehead atoms. The molecule has 1 aromatic rings. The topological polar surface area (TPSA) is 40.6 Å². The Balaban J connectivity index is 2.34. The number of hydrogen-bond donors (Lipinski definition) is 0. The Bertz CT molecular complexity index is 500. The number of carbonyl (C=O) groups excluding carboxylic acids is 2. The number of imide groups is 1. The summed E-state index contributed by atoms with van der Waals surface area (Å²) < 4.78 is 0. The largest absolute Gasteiger partial charge is 0.331 e. The minimum absolute atomic E-state index is 0.130. The highest BCUT2D eigenvalue weighted by Crippen LogP contribution is 2.26. The zero-order chi connectivity index (χ0) is 14.2. The van der Waals surface area contributed by atoms with E-state index in [1.54, 1.807) is 4.90 Å². The van der Waals surface area contributed by atoms with Crippen LogP contribution >= 0.6 is 0 Å². The van der Waals surface area contributed by atoms with Gasteiger partial charge in [0.15, 0.2) is 0 Å². The van der Waals surface area contributed by atoms with Crippen LogP contribution in [0.25, 0.3) is 0 Å². The Hall–Kier alpha value is -1.84. The van der Waals surface area contributed by atoms with Crippen LogP contribution in [0.15, 0.2) is 24.3 Å². The van der Waals surface area contributed by atoms with E-state index in [1.165, 1.54) is 4.90 Å². The molecule has 4 heteroatoms. The third-order valence-electron chi connectivity index (χ3n) is 3.32. The molecule has 19 heavy (non-hydrogen) atoms. The first kappa shape index (κ1) is 13.6. The molecule has 1 heterocycles. The van der Waals surface area contributed by atoms with Crippen LogP contribution in [-0.2, 0) is 4.79 Å². The van der Waals surface area contributed by atoms with Gasteiger partial charge in [0, 0.05) is 18.5 Å². The Morgan fingerprint density at radius 3 is 2.16 bits per heavy atom. The monoisotopic (exact) mass is 260 g/mol. The summed E-state index contributed by atoms with van der Waals surface area (Å²) in [5, 5.41) is 0. The quantitative estimate of drug-likeness (QED) is 0.779. The molecule has 1 aliphatic heterocycles. The van der Waals surface area contributed by atoms with Gasteiger partial charge in [-0.15, -0.1) is 0 Å². The van der Waals surface area contributed by atoms with Gasteiger partial charge in [-0.05, 0) is 39.8 Å². The first-order valence-corrected chi connectivity index (χ1v) is 6.52. The van der Waals surface area contributed by atoms with Gasteiger partial charge in [-0.3, -0.25) is 4.79 Å². The summed E-state index contributed by atoms with van der Waals surface area (Å²) >= 11 is 0. The normalized spacial score (nSPS) is 17.1. The predicted octanol–water partition coefficient (Wildman–Crippen LogP) is 2.95. The molecular weight excluding hydrogens is 240 g/mol. The summed E-state index contributed by atoms with van der Waals surface area (Å²) in [6, 6.07) is 7.22. The highest BCUT2D eigenvalue weighted by molar-refractivity contribution is 6.15. The lowest BCUT2D eigenvalue weighted by Gasteiger charge is -2.42. The molecule has 4 nitrogen and oxygen atoms in total. The van der Waals surface area contributed by atoms with Crippen molar-refractivity contribution in [3.63, 3.8) is 0 Å². The Morgan fingerprint density at radius 1 is 1.05 bits per heavy atom. The highest BCUT2D eigenvalue weighted by Gasteiger charge is 2.38. The molecule has 0 saturated carbocycles. The number of aryl methyl sites for hydroxylation is 1. The molecule has 0 N–H and O–H groups in total. The van der Waals surface area contributed by atoms with Gasteiger partial charge >= 0.3 is 6.03 Å². The molecule has 0 atom stereocenters. The maximum absolute atomic E-state index is 12.5. The molecular formula is C15H20N2O2. The highest BCUT2D eigenvalue weighted by atomic mass is 16.2. The second-order valence-electron chi connectivity index (χ2n) is 5.92. The van der Waals surface area contributed by atoms with Gasteiger partial charge in [-0.25, -0.2) is 9.69 Å². The molecule has 1 aliphatic rings. The Morgan fingerprint density at radius 2 is 1.63 bits per heavy atom. The maximum Gasteiger partial charge on any atom is 0.331 e. The van der Waals surface area contributed by atoms with E-state index >= 15 is 0 Å². The molecule has 0 aliphatic carbocycles. The smallest absolute Gasteiger partial charge is 0.319 e. The number of urea groups is 1. The second kappa shape index (κ2) is 4.68. The summed E-state index contributed by atoms with van der Waals surface area (Å²) in [7, 11) is 0. The van der Waals surface area contributed by atoms with E-state index in [0.717, 1.165) is 5.56 Å². The molecule has 1 fully saturated rings. The number of benzene rings is 1. The average Bonchev–Trinajstić information content (AvgIpc) is 2.29. The van der Waals surface area contributed by atoms with Crippen molar-refractivity contribution in [2.45, 2.75) is 39.7 Å². The van der Waals surface area contributed by atoms with Gasteiger partial charge < -0.3 is 4.90 Å². The van der Waals surface area contributed by atoms with E-state index in [0.29, 0.717) is 18.7 Å². The molecule has 0 radical (unpaired) electrons. The van der Waals surface area contributed by atoms with Crippen molar-refractivity contribution in [1.82, 2.24) is 4.90 Å². The van der Waals surface area contributed by atoms with Crippen molar-refractivity contribution in [3.05, 3.63) is 29.8 Å². The van der Waals surface area contributed by atoms with Crippen LogP contribution in [-0.4, -0.2) is 28.9 Å². The number of anilines is 1. The molecule has 1 aromatic carbocycles. The SMILES string of the molecule is Cc1ccc(N2C(=O)CCN(C(C)(C)C)C2=O)cc1. The molecule has 2 rings (SSSR count). The van der Waals surface area contributed by atoms with Crippen LogP contribution in [0.1, 0.15) is 32.8 Å². The fourth-order valence-corrected chi connectivity index (χ4v) is 2.21. The summed E-state index contributed by atoms with van der Waals surface area (Å²) in [5.41, 5.74) is 1.48. The van der Waals surface area contributed by atoms with Crippen molar-refractivity contribution < 1.29 is 9.59 Å². The fourth-order valence-electron chi connectivity index (χ4n) is 2.21. The Labute approximate surface area is 114 Å². The zero-order valence-electron chi connectivity index (χ0n) is 11.9. The molecule has 1 saturated heterocycles. The minimum atomic E-state index is -0.277. The molecule has 0 unspecified atom stereocenters. The lowest BCUT2D eigenvalue weighted by Crippen LogP contribution is -2.58. The van der Waals surface area contributed by atoms with Gasteiger partial charge in [0.1, 0.15) is 0 Å². The van der Waals surface area contributed by atoms with Crippen molar-refractivity contribution in [1.29, 1.82) is 0 Å². The lowest BCUT2D eigenvalue weighted by atomic mass is 10.0. The van der Waals surface area contributed by atoms with E-state index < -0.39 is 0 Å². The Kier molecular flexibility index (Phi) is 3.35. The number of hydrogen-bond acceptors (Lipinski definition) is 2. The van der Waals surface area contributed by atoms with E-state index in [9.17, 15) is 9.59 Å². The number of rotatable bonds is 1. The third-order valence-corrected chi connectivity index (χ3v) is 3.32. The van der Waals surface area contributed by atoms with Crippen LogP contribution in [0.5, 0.6) is 0 Å². The van der Waals surface area contributed by atoms with Crippen LogP contribution in [0.4, 0.5) is 10.5 Å².